The summed E-state index contributed by atoms with van der Waals surface area (Å²) in [4.78, 5) is 16.6. The third-order valence-electron chi connectivity index (χ3n) is 4.04. The maximum absolute atomic E-state index is 12.8. The Hall–Kier alpha value is -3.72. The van der Waals surface area contributed by atoms with Crippen LogP contribution in [0.1, 0.15) is 5.89 Å². The molecule has 0 saturated heterocycles. The highest BCUT2D eigenvalue weighted by Crippen LogP contribution is 2.29. The van der Waals surface area contributed by atoms with E-state index in [2.05, 4.69) is 19.9 Å². The van der Waals surface area contributed by atoms with E-state index < -0.39 is 27.9 Å². The normalized spacial score (nSPS) is 12.1. The van der Waals surface area contributed by atoms with E-state index in [1.54, 1.807) is 19.0 Å². The Balaban J connectivity index is 1.76. The molecule has 1 aromatic carbocycles. The number of likely N-dealkylation sites (N-methyl/N-ethyl adjacent to an activating group) is 1. The lowest BCUT2D eigenvalue weighted by Crippen LogP contribution is -2.23. The molecule has 0 amide bonds. The van der Waals surface area contributed by atoms with Gasteiger partial charge in [-0.25, -0.2) is 13.4 Å². The molecule has 2 N–H and O–H groups in total. The molecule has 0 fully saturated rings. The van der Waals surface area contributed by atoms with Crippen molar-refractivity contribution in [2.75, 3.05) is 26.4 Å². The van der Waals surface area contributed by atoms with Crippen molar-refractivity contribution in [1.82, 2.24) is 20.1 Å². The Bertz CT molecular complexity index is 1280. The van der Waals surface area contributed by atoms with E-state index in [1.807, 2.05) is 0 Å². The maximum Gasteiger partial charge on any atom is 0.573 e. The number of hydrogen-bond donors (Lipinski definition) is 1. The highest BCUT2D eigenvalue weighted by atomic mass is 32.2. The van der Waals surface area contributed by atoms with Crippen molar-refractivity contribution >= 4 is 21.5 Å². The Morgan fingerprint density at radius 3 is 2.41 bits per heavy atom. The molecule has 0 radical (unpaired) electrons. The predicted molar refractivity (Wildman–Crippen MR) is 109 cm³/mol. The third-order valence-corrected chi connectivity index (χ3v) is 5.78. The number of carbonyl (C=O) groups excluding carboxylic acids is 1. The average Bonchev–Trinajstić information content (AvgIpc) is 3.19. The number of sulfone groups is 1. The van der Waals surface area contributed by atoms with E-state index in [1.165, 1.54) is 0 Å². The first kappa shape index (κ1) is 24.9. The number of aromatic nitrogens is 3. The highest BCUT2D eigenvalue weighted by Gasteiger charge is 2.31. The first-order valence-corrected chi connectivity index (χ1v) is 10.8. The fourth-order valence-corrected chi connectivity index (χ4v) is 3.84. The molecule has 0 unspecified atom stereocenters. The molecule has 0 atom stereocenters. The zero-order chi connectivity index (χ0) is 25.1. The van der Waals surface area contributed by atoms with Crippen LogP contribution in [-0.2, 0) is 26.0 Å². The molecule has 0 aliphatic heterocycles. The highest BCUT2D eigenvalue weighted by molar-refractivity contribution is 7.91. The largest absolute Gasteiger partial charge is 0.573 e. The van der Waals surface area contributed by atoms with Gasteiger partial charge in [-0.05, 0) is 44.4 Å². The SMILES string of the molecule is CN(C)CC(=O)OCc1nnc(-c2ncc(S(=O)(=O)c3ccc(OC(F)(F)F)cc3)cc2N)o1. The van der Waals surface area contributed by atoms with E-state index in [9.17, 15) is 26.4 Å². The molecule has 2 aromatic heterocycles. The maximum atomic E-state index is 12.8. The van der Waals surface area contributed by atoms with Crippen molar-refractivity contribution in [2.24, 2.45) is 0 Å². The zero-order valence-corrected chi connectivity index (χ0v) is 18.6. The topological polar surface area (TPSA) is 151 Å². The van der Waals surface area contributed by atoms with E-state index in [-0.39, 0.29) is 46.1 Å². The molecule has 2 heterocycles. The van der Waals surface area contributed by atoms with Gasteiger partial charge in [-0.3, -0.25) is 9.69 Å². The lowest BCUT2D eigenvalue weighted by molar-refractivity contribution is -0.274. The van der Waals surface area contributed by atoms with E-state index in [4.69, 9.17) is 14.9 Å². The van der Waals surface area contributed by atoms with Crippen LogP contribution in [0, 0.1) is 0 Å². The second-order valence-electron chi connectivity index (χ2n) is 7.03. The third kappa shape index (κ3) is 6.20. The van der Waals surface area contributed by atoms with Crippen LogP contribution in [0.2, 0.25) is 0 Å². The summed E-state index contributed by atoms with van der Waals surface area (Å²) in [5.41, 5.74) is 5.80. The number of hydrogen-bond acceptors (Lipinski definition) is 11. The molecule has 11 nitrogen and oxygen atoms in total. The minimum absolute atomic E-state index is 0.00811. The van der Waals surface area contributed by atoms with Crippen LogP contribution >= 0.6 is 0 Å². The van der Waals surface area contributed by atoms with Crippen LogP contribution < -0.4 is 10.5 Å². The minimum atomic E-state index is -4.91. The fourth-order valence-electron chi connectivity index (χ4n) is 2.60. The summed E-state index contributed by atoms with van der Waals surface area (Å²) >= 11 is 0. The van der Waals surface area contributed by atoms with E-state index >= 15 is 0 Å². The molecule has 0 saturated carbocycles. The second kappa shape index (κ2) is 9.64. The summed E-state index contributed by atoms with van der Waals surface area (Å²) < 4.78 is 76.5. The Morgan fingerprint density at radius 1 is 1.15 bits per heavy atom. The van der Waals surface area contributed by atoms with E-state index in [0.717, 1.165) is 36.5 Å². The molecule has 0 aliphatic carbocycles. The number of nitrogens with two attached hydrogens (primary N) is 1. The van der Waals surface area contributed by atoms with Gasteiger partial charge < -0.3 is 19.6 Å². The average molecular weight is 501 g/mol. The molecule has 0 bridgehead atoms. The van der Waals surface area contributed by atoms with Crippen LogP contribution in [0.25, 0.3) is 11.6 Å². The van der Waals surface area contributed by atoms with Crippen molar-refractivity contribution in [3.8, 4) is 17.3 Å². The van der Waals surface area contributed by atoms with Crippen LogP contribution in [0.3, 0.4) is 0 Å². The number of esters is 1. The van der Waals surface area contributed by atoms with Gasteiger partial charge in [0.2, 0.25) is 9.84 Å². The van der Waals surface area contributed by atoms with Gasteiger partial charge in [0.15, 0.2) is 12.3 Å². The fraction of sp³-hybridized carbons (Fsp3) is 0.263. The lowest BCUT2D eigenvalue weighted by atomic mass is 10.3. The molecule has 34 heavy (non-hydrogen) atoms. The summed E-state index contributed by atoms with van der Waals surface area (Å²) in [6.07, 6.45) is -3.92. The molecular formula is C19H18F3N5O6S. The van der Waals surface area contributed by atoms with Gasteiger partial charge in [0, 0.05) is 6.20 Å². The molecule has 3 aromatic rings. The second-order valence-corrected chi connectivity index (χ2v) is 8.98. The predicted octanol–water partition coefficient (Wildman–Crippen LogP) is 2.05. The van der Waals surface area contributed by atoms with Crippen LogP contribution in [0.5, 0.6) is 5.75 Å². The number of benzene rings is 1. The van der Waals surface area contributed by atoms with Crippen molar-refractivity contribution < 1.29 is 40.3 Å². The molecule has 0 spiro atoms. The summed E-state index contributed by atoms with van der Waals surface area (Å²) in [7, 11) is -0.759. The molecule has 15 heteroatoms. The number of rotatable bonds is 8. The standard InChI is InChI=1S/C19H18F3N5O6S/c1-27(2)9-16(28)31-10-15-25-26-18(32-15)17-14(23)7-13(8-24-17)34(29,30)12-5-3-11(4-6-12)33-19(20,21)22/h3-8H,9-10,23H2,1-2H3. The molecule has 0 aliphatic rings. The Morgan fingerprint density at radius 2 is 1.82 bits per heavy atom. The monoisotopic (exact) mass is 501 g/mol. The van der Waals surface area contributed by atoms with Crippen molar-refractivity contribution in [2.45, 2.75) is 22.8 Å². The first-order chi connectivity index (χ1) is 15.8. The van der Waals surface area contributed by atoms with Crippen LogP contribution in [-0.4, -0.2) is 61.5 Å². The van der Waals surface area contributed by atoms with Crippen molar-refractivity contribution in [1.29, 1.82) is 0 Å². The number of halogens is 3. The summed E-state index contributed by atoms with van der Waals surface area (Å²) in [6, 6.07) is 4.76. The Labute approximate surface area is 191 Å². The molecule has 3 rings (SSSR count). The number of anilines is 1. The number of carbonyl (C=O) groups is 1. The summed E-state index contributed by atoms with van der Waals surface area (Å²) in [5.74, 6) is -1.23. The van der Waals surface area contributed by atoms with Crippen molar-refractivity contribution in [3.63, 3.8) is 0 Å². The Kier molecular flexibility index (Phi) is 7.07. The quantitative estimate of drug-likeness (QED) is 0.452. The molecular weight excluding hydrogens is 483 g/mol. The first-order valence-electron chi connectivity index (χ1n) is 9.34. The lowest BCUT2D eigenvalue weighted by Gasteiger charge is -2.10. The van der Waals surface area contributed by atoms with Gasteiger partial charge in [-0.1, -0.05) is 0 Å². The van der Waals surface area contributed by atoms with Crippen molar-refractivity contribution in [3.05, 3.63) is 42.4 Å². The number of nitrogens with zero attached hydrogens (tertiary/aromatic N) is 4. The number of nitrogen functional groups attached to an aromatic ring is 1. The molecule has 182 valence electrons. The van der Waals surface area contributed by atoms with Gasteiger partial charge in [0.25, 0.3) is 11.8 Å². The van der Waals surface area contributed by atoms with Crippen LogP contribution in [0.15, 0.2) is 50.7 Å². The number of pyridine rings is 1. The minimum Gasteiger partial charge on any atom is -0.455 e. The van der Waals surface area contributed by atoms with Gasteiger partial charge in [-0.2, -0.15) is 0 Å². The van der Waals surface area contributed by atoms with Gasteiger partial charge in [0.05, 0.1) is 22.0 Å². The summed E-state index contributed by atoms with van der Waals surface area (Å²) in [6.45, 7) is -0.219. The van der Waals surface area contributed by atoms with E-state index in [0.29, 0.717) is 0 Å². The number of alkyl halides is 3. The zero-order valence-electron chi connectivity index (χ0n) is 17.7. The van der Waals surface area contributed by atoms with Crippen LogP contribution in [0.4, 0.5) is 18.9 Å². The van der Waals surface area contributed by atoms with Gasteiger partial charge in [0.1, 0.15) is 5.75 Å². The van der Waals surface area contributed by atoms with Gasteiger partial charge in [-0.15, -0.1) is 23.4 Å². The smallest absolute Gasteiger partial charge is 0.455 e. The number of ether oxygens (including phenoxy) is 2. The summed E-state index contributed by atoms with van der Waals surface area (Å²) in [5, 5.41) is 7.48. The van der Waals surface area contributed by atoms with Gasteiger partial charge >= 0.3 is 12.3 Å².